The number of carbonyl (C=O) groups is 3. The third kappa shape index (κ3) is 6.31. The third-order valence-corrected chi connectivity index (χ3v) is 7.06. The number of nitrogens with one attached hydrogen (secondary N) is 1. The Morgan fingerprint density at radius 1 is 1.26 bits per heavy atom. The number of rotatable bonds is 8. The fraction of sp³-hybridized carbons (Fsp3) is 0.588. The fourth-order valence-corrected chi connectivity index (χ4v) is 5.57. The maximum atomic E-state index is 12.1. The number of anilines is 1. The van der Waals surface area contributed by atoms with E-state index in [1.807, 2.05) is 6.92 Å². The van der Waals surface area contributed by atoms with Gasteiger partial charge in [0.05, 0.1) is 23.7 Å². The summed E-state index contributed by atoms with van der Waals surface area (Å²) in [7, 11) is -3.06. The number of ether oxygens (including phenoxy) is 2. The Hall–Kier alpha value is -1.94. The predicted octanol–water partition coefficient (Wildman–Crippen LogP) is 1.79. The monoisotopic (exact) mass is 417 g/mol. The van der Waals surface area contributed by atoms with Crippen molar-refractivity contribution in [2.75, 3.05) is 30.0 Å². The first-order valence-corrected chi connectivity index (χ1v) is 11.3. The van der Waals surface area contributed by atoms with Crippen molar-refractivity contribution in [3.05, 3.63) is 16.5 Å². The van der Waals surface area contributed by atoms with Gasteiger partial charge in [0.25, 0.3) is 5.91 Å². The van der Waals surface area contributed by atoms with E-state index in [9.17, 15) is 22.8 Å². The molecule has 8 nitrogen and oxygen atoms in total. The lowest BCUT2D eigenvalue weighted by Gasteiger charge is -2.09. The van der Waals surface area contributed by atoms with E-state index in [-0.39, 0.29) is 36.0 Å². The molecule has 0 aromatic carbocycles. The van der Waals surface area contributed by atoms with Crippen LogP contribution in [0.5, 0.6) is 0 Å². The van der Waals surface area contributed by atoms with Crippen molar-refractivity contribution < 1.29 is 32.3 Å². The number of amides is 1. The summed E-state index contributed by atoms with van der Waals surface area (Å²) in [6.45, 7) is 3.34. The normalized spacial score (nSPS) is 18.1. The number of hydrogen-bond donors (Lipinski definition) is 1. The van der Waals surface area contributed by atoms with Crippen LogP contribution in [0.3, 0.4) is 0 Å². The zero-order valence-corrected chi connectivity index (χ0v) is 16.9. The van der Waals surface area contributed by atoms with Gasteiger partial charge in [-0.2, -0.15) is 0 Å². The van der Waals surface area contributed by atoms with Gasteiger partial charge in [0.15, 0.2) is 16.4 Å². The van der Waals surface area contributed by atoms with Crippen LogP contribution in [0.15, 0.2) is 6.07 Å². The van der Waals surface area contributed by atoms with Crippen LogP contribution in [0, 0.1) is 5.92 Å². The first-order chi connectivity index (χ1) is 12.7. The topological polar surface area (TPSA) is 116 Å². The number of hydrogen-bond acceptors (Lipinski definition) is 8. The van der Waals surface area contributed by atoms with E-state index in [1.165, 1.54) is 11.3 Å². The van der Waals surface area contributed by atoms with E-state index in [2.05, 4.69) is 5.32 Å². The van der Waals surface area contributed by atoms with Crippen LogP contribution in [0.1, 0.15) is 41.9 Å². The summed E-state index contributed by atoms with van der Waals surface area (Å²) in [5, 5.41) is 2.93. The van der Waals surface area contributed by atoms with E-state index in [4.69, 9.17) is 9.47 Å². The molecule has 0 spiro atoms. The molecule has 0 saturated carbocycles. The van der Waals surface area contributed by atoms with Crippen molar-refractivity contribution in [3.63, 3.8) is 0 Å². The van der Waals surface area contributed by atoms with Gasteiger partial charge < -0.3 is 14.8 Å². The minimum absolute atomic E-state index is 0.0216. The Morgan fingerprint density at radius 2 is 2.00 bits per heavy atom. The molecule has 1 aromatic rings. The van der Waals surface area contributed by atoms with Gasteiger partial charge in [0.2, 0.25) is 0 Å². The molecule has 2 rings (SSSR count). The van der Waals surface area contributed by atoms with Gasteiger partial charge >= 0.3 is 11.9 Å². The second-order valence-corrected chi connectivity index (χ2v) is 9.58. The summed E-state index contributed by atoms with van der Waals surface area (Å²) >= 11 is 1.26. The largest absolute Gasteiger partial charge is 0.462 e. The highest BCUT2D eigenvalue weighted by Gasteiger charge is 2.30. The molecule has 0 unspecified atom stereocenters. The summed E-state index contributed by atoms with van der Waals surface area (Å²) in [5.41, 5.74) is 0.273. The SMILES string of the molecule is CCOC(=O)c1cc(CC)sc1NC(=O)COC(=O)C[C@H]1CCS(=O)(=O)C1. The van der Waals surface area contributed by atoms with Gasteiger partial charge in [0.1, 0.15) is 5.00 Å². The molecule has 1 fully saturated rings. The Labute approximate surface area is 162 Å². The van der Waals surface area contributed by atoms with Crippen LogP contribution in [-0.2, 0) is 35.3 Å². The van der Waals surface area contributed by atoms with Crippen LogP contribution < -0.4 is 5.32 Å². The molecule has 1 aliphatic rings. The van der Waals surface area contributed by atoms with Gasteiger partial charge in [-0.25, -0.2) is 13.2 Å². The average Bonchev–Trinajstić information content (AvgIpc) is 3.16. The minimum atomic E-state index is -3.06. The van der Waals surface area contributed by atoms with E-state index in [0.717, 1.165) is 4.88 Å². The van der Waals surface area contributed by atoms with E-state index in [0.29, 0.717) is 17.8 Å². The second-order valence-electron chi connectivity index (χ2n) is 6.21. The molecule has 150 valence electrons. The molecule has 1 aromatic heterocycles. The van der Waals surface area contributed by atoms with Crippen LogP contribution in [0.25, 0.3) is 0 Å². The standard InChI is InChI=1S/C17H23NO7S2/c1-3-12-8-13(17(21)24-4-2)16(26-12)18-14(19)9-25-15(20)7-11-5-6-27(22,23)10-11/h8,11H,3-7,9-10H2,1-2H3,(H,18,19)/t11-/m1/s1. The van der Waals surface area contributed by atoms with Crippen LogP contribution in [0.4, 0.5) is 5.00 Å². The molecule has 0 aliphatic carbocycles. The first-order valence-electron chi connectivity index (χ1n) is 8.69. The quantitative estimate of drug-likeness (QED) is 0.641. The van der Waals surface area contributed by atoms with E-state index >= 15 is 0 Å². The van der Waals surface area contributed by atoms with Crippen molar-refractivity contribution in [1.29, 1.82) is 0 Å². The smallest absolute Gasteiger partial charge is 0.341 e. The van der Waals surface area contributed by atoms with E-state index < -0.39 is 34.3 Å². The van der Waals surface area contributed by atoms with Gasteiger partial charge in [-0.15, -0.1) is 11.3 Å². The summed E-state index contributed by atoms with van der Waals surface area (Å²) in [6, 6.07) is 1.67. The van der Waals surface area contributed by atoms with Gasteiger partial charge in [-0.1, -0.05) is 6.92 Å². The molecule has 0 bridgehead atoms. The summed E-state index contributed by atoms with van der Waals surface area (Å²) in [6.07, 6.45) is 1.10. The van der Waals surface area contributed by atoms with Crippen molar-refractivity contribution >= 4 is 44.0 Å². The lowest BCUT2D eigenvalue weighted by molar-refractivity contribution is -0.148. The average molecular weight is 418 g/mol. The molecule has 10 heteroatoms. The molecular formula is C17H23NO7S2. The zero-order valence-electron chi connectivity index (χ0n) is 15.3. The number of thiophene rings is 1. The summed E-state index contributed by atoms with van der Waals surface area (Å²) < 4.78 is 32.7. The Kier molecular flexibility index (Phi) is 7.37. The lowest BCUT2D eigenvalue weighted by Crippen LogP contribution is -2.22. The first kappa shape index (κ1) is 21.4. The Morgan fingerprint density at radius 3 is 2.59 bits per heavy atom. The van der Waals surface area contributed by atoms with Gasteiger partial charge in [0, 0.05) is 11.3 Å². The Bertz CT molecular complexity index is 813. The van der Waals surface area contributed by atoms with Gasteiger partial charge in [-0.05, 0) is 31.7 Å². The number of carbonyl (C=O) groups excluding carboxylic acids is 3. The molecule has 1 aliphatic heterocycles. The van der Waals surface area contributed by atoms with Crippen LogP contribution in [0.2, 0.25) is 0 Å². The molecule has 27 heavy (non-hydrogen) atoms. The van der Waals surface area contributed by atoms with Crippen LogP contribution >= 0.6 is 11.3 Å². The fourth-order valence-electron chi connectivity index (χ4n) is 2.71. The highest BCUT2D eigenvalue weighted by atomic mass is 32.2. The maximum Gasteiger partial charge on any atom is 0.341 e. The van der Waals surface area contributed by atoms with Crippen molar-refractivity contribution in [3.8, 4) is 0 Å². The van der Waals surface area contributed by atoms with Crippen molar-refractivity contribution in [2.24, 2.45) is 5.92 Å². The maximum absolute atomic E-state index is 12.1. The third-order valence-electron chi connectivity index (χ3n) is 4.03. The van der Waals surface area contributed by atoms with Crippen molar-refractivity contribution in [1.82, 2.24) is 0 Å². The molecule has 1 N–H and O–H groups in total. The Balaban J connectivity index is 1.87. The lowest BCUT2D eigenvalue weighted by atomic mass is 10.1. The highest BCUT2D eigenvalue weighted by molar-refractivity contribution is 7.91. The molecular weight excluding hydrogens is 394 g/mol. The molecule has 1 amide bonds. The number of sulfone groups is 1. The van der Waals surface area contributed by atoms with E-state index in [1.54, 1.807) is 13.0 Å². The number of esters is 2. The van der Waals surface area contributed by atoms with Gasteiger partial charge in [-0.3, -0.25) is 9.59 Å². The molecule has 1 saturated heterocycles. The van der Waals surface area contributed by atoms with Crippen molar-refractivity contribution in [2.45, 2.75) is 33.1 Å². The highest BCUT2D eigenvalue weighted by Crippen LogP contribution is 2.29. The zero-order chi connectivity index (χ0) is 20.0. The second kappa shape index (κ2) is 9.32. The van der Waals surface area contributed by atoms with Crippen LogP contribution in [-0.4, -0.2) is 51.0 Å². The number of aryl methyl sites for hydroxylation is 1. The molecule has 1 atom stereocenters. The summed E-state index contributed by atoms with van der Waals surface area (Å²) in [5.74, 6) is -1.91. The molecule has 0 radical (unpaired) electrons. The summed E-state index contributed by atoms with van der Waals surface area (Å²) in [4.78, 5) is 36.8. The molecule has 2 heterocycles. The minimum Gasteiger partial charge on any atom is -0.462 e. The predicted molar refractivity (Wildman–Crippen MR) is 101 cm³/mol.